The van der Waals surface area contributed by atoms with E-state index >= 15 is 0 Å². The second kappa shape index (κ2) is 8.40. The van der Waals surface area contributed by atoms with Gasteiger partial charge in [0.05, 0.1) is 17.2 Å². The van der Waals surface area contributed by atoms with Crippen molar-refractivity contribution in [3.05, 3.63) is 77.9 Å². The number of anilines is 1. The molecule has 0 bridgehead atoms. The van der Waals surface area contributed by atoms with Crippen LogP contribution in [0.1, 0.15) is 12.5 Å². The van der Waals surface area contributed by atoms with E-state index in [1.54, 1.807) is 12.4 Å². The van der Waals surface area contributed by atoms with Crippen LogP contribution in [-0.2, 0) is 0 Å². The van der Waals surface area contributed by atoms with Gasteiger partial charge in [0.1, 0.15) is 11.2 Å². The van der Waals surface area contributed by atoms with Gasteiger partial charge >= 0.3 is 0 Å². The molecule has 2 aliphatic rings. The summed E-state index contributed by atoms with van der Waals surface area (Å²) in [6.45, 7) is 6.47. The summed E-state index contributed by atoms with van der Waals surface area (Å²) in [4.78, 5) is 16.3. The highest BCUT2D eigenvalue weighted by Crippen LogP contribution is 2.33. The van der Waals surface area contributed by atoms with Crippen LogP contribution in [0, 0.1) is 6.92 Å². The average Bonchev–Trinajstić information content (AvgIpc) is 2.82. The molecule has 1 aliphatic carbocycles. The van der Waals surface area contributed by atoms with Crippen LogP contribution in [0.25, 0.3) is 33.3 Å². The van der Waals surface area contributed by atoms with Crippen LogP contribution in [0.15, 0.2) is 76.4 Å². The predicted molar refractivity (Wildman–Crippen MR) is 129 cm³/mol. The normalized spacial score (nSPS) is 12.2. The smallest absolute Gasteiger partial charge is 0.155 e. The molecule has 0 saturated heterocycles. The van der Waals surface area contributed by atoms with Crippen molar-refractivity contribution in [3.63, 3.8) is 0 Å². The van der Waals surface area contributed by atoms with Gasteiger partial charge in [0.25, 0.3) is 0 Å². The predicted octanol–water partition coefficient (Wildman–Crippen LogP) is 4.81. The minimum absolute atomic E-state index is 0.600. The molecule has 32 heavy (non-hydrogen) atoms. The number of aryl methyl sites for hydroxylation is 1. The number of hydrogen-bond acceptors (Lipinski definition) is 6. The number of benzene rings is 3. The molecule has 0 spiro atoms. The van der Waals surface area contributed by atoms with Gasteiger partial charge in [-0.05, 0) is 37.6 Å². The highest BCUT2D eigenvalue weighted by Gasteiger charge is 2.17. The van der Waals surface area contributed by atoms with Gasteiger partial charge in [-0.25, -0.2) is 9.98 Å². The molecule has 0 saturated carbocycles. The molecule has 6 heteroatoms. The quantitative estimate of drug-likeness (QED) is 0.324. The van der Waals surface area contributed by atoms with Gasteiger partial charge < -0.3 is 15.1 Å². The summed E-state index contributed by atoms with van der Waals surface area (Å²) in [6.07, 6.45) is 3.49. The van der Waals surface area contributed by atoms with E-state index in [0.717, 1.165) is 63.0 Å². The van der Waals surface area contributed by atoms with Gasteiger partial charge in [-0.2, -0.15) is 0 Å². The van der Waals surface area contributed by atoms with Crippen LogP contribution < -0.4 is 16.0 Å². The Balaban J connectivity index is 1.80. The maximum Gasteiger partial charge on any atom is 0.155 e. The fourth-order valence-electron chi connectivity index (χ4n) is 4.15. The van der Waals surface area contributed by atoms with Crippen molar-refractivity contribution < 1.29 is 4.42 Å². The number of rotatable bonds is 5. The zero-order valence-corrected chi connectivity index (χ0v) is 18.2. The molecule has 6 nitrogen and oxygen atoms in total. The number of likely N-dealkylation sites (N-methyl/N-ethyl adjacent to an activating group) is 1. The molecule has 0 amide bonds. The SMILES string of the molecule is CCN(CCN)c1cc(C)c2nc3c4ccccc4c(=Nc4cccnc4)cc-3oc2c1. The molecule has 0 fully saturated rings. The third-order valence-corrected chi connectivity index (χ3v) is 5.69. The fraction of sp³-hybridized carbons (Fsp3) is 0.192. The molecule has 2 heterocycles. The Labute approximate surface area is 186 Å². The lowest BCUT2D eigenvalue weighted by Crippen LogP contribution is -2.29. The van der Waals surface area contributed by atoms with E-state index in [1.807, 2.05) is 30.3 Å². The maximum absolute atomic E-state index is 6.43. The van der Waals surface area contributed by atoms with E-state index in [4.69, 9.17) is 20.1 Å². The third kappa shape index (κ3) is 3.59. The Hall–Kier alpha value is -3.77. The van der Waals surface area contributed by atoms with Gasteiger partial charge in [-0.15, -0.1) is 0 Å². The molecular formula is C26H25N5O. The van der Waals surface area contributed by atoms with Crippen molar-refractivity contribution in [1.29, 1.82) is 0 Å². The van der Waals surface area contributed by atoms with E-state index in [1.165, 1.54) is 0 Å². The molecule has 3 aromatic rings. The zero-order chi connectivity index (χ0) is 22.1. The van der Waals surface area contributed by atoms with Gasteiger partial charge in [0.15, 0.2) is 11.3 Å². The fourth-order valence-corrected chi connectivity index (χ4v) is 4.15. The Bertz CT molecular complexity index is 1440. The molecule has 160 valence electrons. The molecule has 5 rings (SSSR count). The van der Waals surface area contributed by atoms with Crippen molar-refractivity contribution in [2.45, 2.75) is 13.8 Å². The van der Waals surface area contributed by atoms with E-state index < -0.39 is 0 Å². The molecule has 0 radical (unpaired) electrons. The Kier molecular flexibility index (Phi) is 5.29. The number of fused-ring (bicyclic) bond motifs is 4. The van der Waals surface area contributed by atoms with Crippen LogP contribution >= 0.6 is 0 Å². The van der Waals surface area contributed by atoms with Crippen LogP contribution in [0.5, 0.6) is 0 Å². The highest BCUT2D eigenvalue weighted by molar-refractivity contribution is 5.97. The first-order chi connectivity index (χ1) is 15.7. The minimum atomic E-state index is 0.600. The van der Waals surface area contributed by atoms with Crippen LogP contribution in [0.3, 0.4) is 0 Å². The molecule has 0 unspecified atom stereocenters. The number of hydrogen-bond donors (Lipinski definition) is 1. The monoisotopic (exact) mass is 423 g/mol. The Morgan fingerprint density at radius 2 is 1.91 bits per heavy atom. The molecular weight excluding hydrogens is 398 g/mol. The first-order valence-electron chi connectivity index (χ1n) is 10.8. The number of aromatic nitrogens is 2. The van der Waals surface area contributed by atoms with Gasteiger partial charge in [-0.3, -0.25) is 4.98 Å². The molecule has 1 aromatic heterocycles. The van der Waals surface area contributed by atoms with E-state index in [0.29, 0.717) is 12.3 Å². The van der Waals surface area contributed by atoms with Gasteiger partial charge in [0.2, 0.25) is 0 Å². The molecule has 1 aliphatic heterocycles. The second-order valence-electron chi connectivity index (χ2n) is 7.80. The van der Waals surface area contributed by atoms with Crippen molar-refractivity contribution in [2.75, 3.05) is 24.5 Å². The lowest BCUT2D eigenvalue weighted by molar-refractivity contribution is 0.613. The lowest BCUT2D eigenvalue weighted by Gasteiger charge is -2.23. The standard InChI is InChI=1S/C26H25N5O/c1-3-31(12-10-27)19-13-17(2)25-23(14-19)32-24-15-22(29-18-7-6-11-28-16-18)20-8-4-5-9-21(20)26(24)30-25/h4-9,11,13-16H,3,10,12,27H2,1-2H3. The van der Waals surface area contributed by atoms with Crippen molar-refractivity contribution in [3.8, 4) is 11.5 Å². The lowest BCUT2D eigenvalue weighted by atomic mass is 10.0. The summed E-state index contributed by atoms with van der Waals surface area (Å²) in [5.74, 6) is 0.706. The first kappa shape index (κ1) is 20.2. The summed E-state index contributed by atoms with van der Waals surface area (Å²) in [5, 5.41) is 2.87. The summed E-state index contributed by atoms with van der Waals surface area (Å²) in [7, 11) is 0. The topological polar surface area (TPSA) is 80.5 Å². The Morgan fingerprint density at radius 1 is 1.06 bits per heavy atom. The number of nitrogens with two attached hydrogens (primary N) is 1. The Morgan fingerprint density at radius 3 is 2.66 bits per heavy atom. The van der Waals surface area contributed by atoms with Crippen molar-refractivity contribution in [1.82, 2.24) is 9.97 Å². The zero-order valence-electron chi connectivity index (χ0n) is 18.2. The van der Waals surface area contributed by atoms with E-state index in [-0.39, 0.29) is 0 Å². The minimum Gasteiger partial charge on any atom is -0.453 e. The molecule has 2 N–H and O–H groups in total. The number of nitrogens with zero attached hydrogens (tertiary/aromatic N) is 4. The van der Waals surface area contributed by atoms with E-state index in [9.17, 15) is 0 Å². The van der Waals surface area contributed by atoms with Crippen LogP contribution in [-0.4, -0.2) is 29.6 Å². The van der Waals surface area contributed by atoms with Crippen LogP contribution in [0.4, 0.5) is 11.4 Å². The summed E-state index contributed by atoms with van der Waals surface area (Å²) < 4.78 is 6.43. The molecule has 2 aromatic carbocycles. The van der Waals surface area contributed by atoms with Crippen molar-refractivity contribution >= 4 is 33.2 Å². The third-order valence-electron chi connectivity index (χ3n) is 5.69. The highest BCUT2D eigenvalue weighted by atomic mass is 16.3. The number of pyridine rings is 1. The first-order valence-corrected chi connectivity index (χ1v) is 10.8. The summed E-state index contributed by atoms with van der Waals surface area (Å²) in [6, 6.07) is 18.2. The van der Waals surface area contributed by atoms with Crippen LogP contribution in [0.2, 0.25) is 0 Å². The van der Waals surface area contributed by atoms with Crippen molar-refractivity contribution in [2.24, 2.45) is 10.7 Å². The maximum atomic E-state index is 6.43. The van der Waals surface area contributed by atoms with Gasteiger partial charge in [0, 0.05) is 54.4 Å². The summed E-state index contributed by atoms with van der Waals surface area (Å²) >= 11 is 0. The summed E-state index contributed by atoms with van der Waals surface area (Å²) in [5.41, 5.74) is 11.2. The largest absolute Gasteiger partial charge is 0.453 e. The second-order valence-corrected chi connectivity index (χ2v) is 7.80. The average molecular weight is 424 g/mol. The van der Waals surface area contributed by atoms with E-state index in [2.05, 4.69) is 48.0 Å². The van der Waals surface area contributed by atoms with Gasteiger partial charge in [-0.1, -0.05) is 24.3 Å². The molecule has 0 atom stereocenters.